The molecule has 1 aromatic heterocycles. The third-order valence-electron chi connectivity index (χ3n) is 4.29. The topological polar surface area (TPSA) is 42.2 Å². The van der Waals surface area contributed by atoms with E-state index < -0.39 is 0 Å². The zero-order chi connectivity index (χ0) is 16.6. The van der Waals surface area contributed by atoms with Crippen molar-refractivity contribution in [2.45, 2.75) is 33.7 Å². The highest BCUT2D eigenvalue weighted by atomic mass is 16.3. The molecule has 0 saturated heterocycles. The van der Waals surface area contributed by atoms with Gasteiger partial charge < -0.3 is 9.73 Å². The smallest absolute Gasteiger partial charge is 0.287 e. The predicted octanol–water partition coefficient (Wildman–Crippen LogP) is 4.85. The Kier molecular flexibility index (Phi) is 3.95. The molecular formula is C20H21NO2. The Labute approximate surface area is 136 Å². The van der Waals surface area contributed by atoms with Gasteiger partial charge in [-0.25, -0.2) is 0 Å². The number of fused-ring (bicyclic) bond motifs is 1. The average Bonchev–Trinajstić information content (AvgIpc) is 2.87. The van der Waals surface area contributed by atoms with Gasteiger partial charge in [-0.2, -0.15) is 0 Å². The SMILES string of the molecule is Cc1ccc(C(C)NC(=O)c2oc3c(C)cccc3c2C)cc1. The van der Waals surface area contributed by atoms with Crippen LogP contribution in [0.15, 0.2) is 46.9 Å². The Balaban J connectivity index is 1.87. The van der Waals surface area contributed by atoms with Gasteiger partial charge in [0.2, 0.25) is 0 Å². The fourth-order valence-electron chi connectivity index (χ4n) is 2.80. The maximum atomic E-state index is 12.6. The molecule has 3 aromatic rings. The zero-order valence-electron chi connectivity index (χ0n) is 13.9. The van der Waals surface area contributed by atoms with Crippen LogP contribution < -0.4 is 5.32 Å². The number of carbonyl (C=O) groups excluding carboxylic acids is 1. The summed E-state index contributed by atoms with van der Waals surface area (Å²) >= 11 is 0. The van der Waals surface area contributed by atoms with Gasteiger partial charge in [-0.05, 0) is 38.8 Å². The normalized spacial score (nSPS) is 12.3. The van der Waals surface area contributed by atoms with E-state index in [4.69, 9.17) is 4.42 Å². The summed E-state index contributed by atoms with van der Waals surface area (Å²) < 4.78 is 5.84. The third-order valence-corrected chi connectivity index (χ3v) is 4.29. The predicted molar refractivity (Wildman–Crippen MR) is 92.7 cm³/mol. The summed E-state index contributed by atoms with van der Waals surface area (Å²) in [6, 6.07) is 14.1. The number of nitrogens with one attached hydrogen (secondary N) is 1. The maximum absolute atomic E-state index is 12.6. The molecule has 3 nitrogen and oxygen atoms in total. The number of hydrogen-bond acceptors (Lipinski definition) is 2. The van der Waals surface area contributed by atoms with Crippen LogP contribution in [0.4, 0.5) is 0 Å². The highest BCUT2D eigenvalue weighted by Gasteiger charge is 2.20. The Hall–Kier alpha value is -2.55. The average molecular weight is 307 g/mol. The van der Waals surface area contributed by atoms with E-state index in [2.05, 4.69) is 5.32 Å². The second kappa shape index (κ2) is 5.92. The van der Waals surface area contributed by atoms with Crippen molar-refractivity contribution in [3.63, 3.8) is 0 Å². The van der Waals surface area contributed by atoms with E-state index in [-0.39, 0.29) is 11.9 Å². The van der Waals surface area contributed by atoms with Crippen LogP contribution in [0.25, 0.3) is 11.0 Å². The molecule has 0 aliphatic carbocycles. The van der Waals surface area contributed by atoms with Gasteiger partial charge in [-0.1, -0.05) is 48.0 Å². The summed E-state index contributed by atoms with van der Waals surface area (Å²) in [6.07, 6.45) is 0. The van der Waals surface area contributed by atoms with E-state index in [1.165, 1.54) is 5.56 Å². The maximum Gasteiger partial charge on any atom is 0.287 e. The van der Waals surface area contributed by atoms with Crippen molar-refractivity contribution in [2.75, 3.05) is 0 Å². The van der Waals surface area contributed by atoms with Gasteiger partial charge in [0.15, 0.2) is 5.76 Å². The fraction of sp³-hybridized carbons (Fsp3) is 0.250. The van der Waals surface area contributed by atoms with Crippen LogP contribution in [0.3, 0.4) is 0 Å². The Morgan fingerprint density at radius 3 is 2.39 bits per heavy atom. The van der Waals surface area contributed by atoms with E-state index in [9.17, 15) is 4.79 Å². The highest BCUT2D eigenvalue weighted by Crippen LogP contribution is 2.28. The molecule has 0 radical (unpaired) electrons. The molecule has 1 heterocycles. The lowest BCUT2D eigenvalue weighted by molar-refractivity contribution is 0.0913. The first-order valence-electron chi connectivity index (χ1n) is 7.83. The van der Waals surface area contributed by atoms with Crippen molar-refractivity contribution in [3.05, 3.63) is 70.5 Å². The van der Waals surface area contributed by atoms with Crippen LogP contribution in [0.5, 0.6) is 0 Å². The van der Waals surface area contributed by atoms with Gasteiger partial charge in [-0.3, -0.25) is 4.79 Å². The van der Waals surface area contributed by atoms with Crippen molar-refractivity contribution in [3.8, 4) is 0 Å². The highest BCUT2D eigenvalue weighted by molar-refractivity contribution is 5.99. The van der Waals surface area contributed by atoms with Crippen molar-refractivity contribution in [1.29, 1.82) is 0 Å². The zero-order valence-corrected chi connectivity index (χ0v) is 13.9. The second-order valence-corrected chi connectivity index (χ2v) is 6.11. The van der Waals surface area contributed by atoms with Crippen LogP contribution >= 0.6 is 0 Å². The van der Waals surface area contributed by atoms with E-state index in [0.717, 1.165) is 27.7 Å². The number of para-hydroxylation sites is 1. The third kappa shape index (κ3) is 2.87. The van der Waals surface area contributed by atoms with Crippen LogP contribution in [0.2, 0.25) is 0 Å². The quantitative estimate of drug-likeness (QED) is 0.751. The Bertz CT molecular complexity index is 859. The van der Waals surface area contributed by atoms with E-state index in [1.807, 2.05) is 70.2 Å². The van der Waals surface area contributed by atoms with Gasteiger partial charge in [-0.15, -0.1) is 0 Å². The summed E-state index contributed by atoms with van der Waals surface area (Å²) in [6.45, 7) is 7.94. The van der Waals surface area contributed by atoms with Gasteiger partial charge in [0, 0.05) is 10.9 Å². The van der Waals surface area contributed by atoms with Gasteiger partial charge in [0.25, 0.3) is 5.91 Å². The number of aryl methyl sites for hydroxylation is 3. The minimum absolute atomic E-state index is 0.0724. The molecule has 0 spiro atoms. The summed E-state index contributed by atoms with van der Waals surface area (Å²) in [5.74, 6) is 0.222. The summed E-state index contributed by atoms with van der Waals surface area (Å²) in [4.78, 5) is 12.6. The summed E-state index contributed by atoms with van der Waals surface area (Å²) in [7, 11) is 0. The number of carbonyl (C=O) groups is 1. The van der Waals surface area contributed by atoms with E-state index in [0.29, 0.717) is 5.76 Å². The lowest BCUT2D eigenvalue weighted by Crippen LogP contribution is -2.26. The molecule has 1 amide bonds. The molecule has 118 valence electrons. The monoisotopic (exact) mass is 307 g/mol. The summed E-state index contributed by atoms with van der Waals surface area (Å²) in [5, 5.41) is 4.02. The van der Waals surface area contributed by atoms with Crippen molar-refractivity contribution < 1.29 is 9.21 Å². The first kappa shape index (κ1) is 15.3. The van der Waals surface area contributed by atoms with E-state index >= 15 is 0 Å². The van der Waals surface area contributed by atoms with Crippen molar-refractivity contribution >= 4 is 16.9 Å². The summed E-state index contributed by atoms with van der Waals surface area (Å²) in [5.41, 5.74) is 5.00. The Morgan fingerprint density at radius 1 is 1.04 bits per heavy atom. The lowest BCUT2D eigenvalue weighted by atomic mass is 10.1. The largest absolute Gasteiger partial charge is 0.450 e. The fourth-order valence-corrected chi connectivity index (χ4v) is 2.80. The molecule has 1 atom stereocenters. The minimum Gasteiger partial charge on any atom is -0.450 e. The van der Waals surface area contributed by atoms with Crippen LogP contribution in [-0.2, 0) is 0 Å². The van der Waals surface area contributed by atoms with E-state index in [1.54, 1.807) is 0 Å². The number of furan rings is 1. The molecule has 0 saturated carbocycles. The molecule has 3 heteroatoms. The minimum atomic E-state index is -0.175. The number of amides is 1. The first-order valence-corrected chi connectivity index (χ1v) is 7.83. The molecule has 1 N–H and O–H groups in total. The number of benzene rings is 2. The molecular weight excluding hydrogens is 286 g/mol. The molecule has 0 aliphatic rings. The van der Waals surface area contributed by atoms with Crippen LogP contribution in [-0.4, -0.2) is 5.91 Å². The molecule has 23 heavy (non-hydrogen) atoms. The molecule has 0 fully saturated rings. The molecule has 2 aromatic carbocycles. The number of rotatable bonds is 3. The Morgan fingerprint density at radius 2 is 1.74 bits per heavy atom. The molecule has 1 unspecified atom stereocenters. The van der Waals surface area contributed by atoms with Crippen molar-refractivity contribution in [1.82, 2.24) is 5.32 Å². The van der Waals surface area contributed by atoms with Gasteiger partial charge >= 0.3 is 0 Å². The standard InChI is InChI=1S/C20H21NO2/c1-12-8-10-16(11-9-12)15(4)21-20(22)19-14(3)17-7-5-6-13(2)18(17)23-19/h5-11,15H,1-4H3,(H,21,22). The molecule has 0 aliphatic heterocycles. The van der Waals surface area contributed by atoms with Gasteiger partial charge in [0.05, 0.1) is 6.04 Å². The van der Waals surface area contributed by atoms with Crippen LogP contribution in [0, 0.1) is 20.8 Å². The molecule has 3 rings (SSSR count). The lowest BCUT2D eigenvalue weighted by Gasteiger charge is -2.14. The van der Waals surface area contributed by atoms with Crippen LogP contribution in [0.1, 0.15) is 45.8 Å². The van der Waals surface area contributed by atoms with Gasteiger partial charge in [0.1, 0.15) is 5.58 Å². The second-order valence-electron chi connectivity index (χ2n) is 6.11. The van der Waals surface area contributed by atoms with Crippen molar-refractivity contribution in [2.24, 2.45) is 0 Å². The number of hydrogen-bond donors (Lipinski definition) is 1. The molecule has 0 bridgehead atoms. The first-order chi connectivity index (χ1) is 11.0.